The van der Waals surface area contributed by atoms with E-state index in [-0.39, 0.29) is 31.7 Å². The summed E-state index contributed by atoms with van der Waals surface area (Å²) in [5.74, 6) is -7.14. The summed E-state index contributed by atoms with van der Waals surface area (Å²) in [6, 6.07) is 0.781. The third-order valence-corrected chi connectivity index (χ3v) is 9.12. The van der Waals surface area contributed by atoms with E-state index >= 15 is 0 Å². The van der Waals surface area contributed by atoms with Crippen molar-refractivity contribution in [3.8, 4) is 0 Å². The number of carbonyl (C=O) groups excluding carboxylic acids is 8. The average Bonchev–Trinajstić information content (AvgIpc) is 3.66. The van der Waals surface area contributed by atoms with Crippen LogP contribution in [-0.4, -0.2) is 119 Å². The van der Waals surface area contributed by atoms with Gasteiger partial charge in [-0.3, -0.25) is 38.4 Å². The van der Waals surface area contributed by atoms with E-state index in [2.05, 4.69) is 26.6 Å². The van der Waals surface area contributed by atoms with E-state index in [1.807, 2.05) is 0 Å². The molecule has 1 fully saturated rings. The summed E-state index contributed by atoms with van der Waals surface area (Å²) in [6.07, 6.45) is 0.00927. The molecule has 19 heteroatoms. The van der Waals surface area contributed by atoms with Crippen LogP contribution in [-0.2, 0) is 44.8 Å². The topological polar surface area (TPSA) is 324 Å². The van der Waals surface area contributed by atoms with Crippen molar-refractivity contribution in [3.63, 3.8) is 0 Å². The Morgan fingerprint density at radius 2 is 1.44 bits per heavy atom. The van der Waals surface area contributed by atoms with Crippen molar-refractivity contribution in [1.82, 2.24) is 31.5 Å². The number of hydrogen-bond acceptors (Lipinski definition) is 11. The van der Waals surface area contributed by atoms with Gasteiger partial charge in [0.1, 0.15) is 30.2 Å². The summed E-state index contributed by atoms with van der Waals surface area (Å²) >= 11 is 0. The highest BCUT2D eigenvalue weighted by molar-refractivity contribution is 5.96. The lowest BCUT2D eigenvalue weighted by atomic mass is 9.96. The Balaban J connectivity index is 2.55. The Hall–Kier alpha value is -5.14. The van der Waals surface area contributed by atoms with Crippen molar-refractivity contribution in [2.75, 3.05) is 19.7 Å². The average molecular weight is 775 g/mol. The number of hydrogen-bond donors (Lipinski definition) is 10. The minimum Gasteiger partial charge on any atom is -0.394 e. The van der Waals surface area contributed by atoms with E-state index in [0.29, 0.717) is 19.4 Å². The predicted octanol–water partition coefficient (Wildman–Crippen LogP) is -3.62. The molecule has 1 aliphatic heterocycles. The van der Waals surface area contributed by atoms with Crippen LogP contribution in [0.3, 0.4) is 0 Å². The van der Waals surface area contributed by atoms with Crippen molar-refractivity contribution in [2.45, 2.75) is 109 Å². The van der Waals surface area contributed by atoms with Crippen molar-refractivity contribution < 1.29 is 43.5 Å². The van der Waals surface area contributed by atoms with Crippen LogP contribution in [0.1, 0.15) is 65.4 Å². The molecule has 0 radical (unpaired) electrons. The highest BCUT2D eigenvalue weighted by Gasteiger charge is 2.40. The molecule has 1 aromatic carbocycles. The number of nitrogens with one attached hydrogen (secondary N) is 5. The molecule has 19 nitrogen and oxygen atoms in total. The number of nitrogens with two attached hydrogens (primary N) is 4. The molecule has 0 spiro atoms. The first kappa shape index (κ1) is 46.0. The van der Waals surface area contributed by atoms with Crippen LogP contribution in [0.15, 0.2) is 30.3 Å². The maximum Gasteiger partial charge on any atom is 0.243 e. The first-order valence-electron chi connectivity index (χ1n) is 18.4. The fourth-order valence-electron chi connectivity index (χ4n) is 6.24. The van der Waals surface area contributed by atoms with Gasteiger partial charge in [-0.1, -0.05) is 58.0 Å². The summed E-state index contributed by atoms with van der Waals surface area (Å²) in [4.78, 5) is 105. The molecule has 1 saturated heterocycles. The maximum absolute atomic E-state index is 14.3. The Kier molecular flexibility index (Phi) is 18.6. The zero-order valence-corrected chi connectivity index (χ0v) is 31.9. The van der Waals surface area contributed by atoms with Crippen LogP contribution in [0.4, 0.5) is 0 Å². The Bertz CT molecular complexity index is 1500. The third-order valence-electron chi connectivity index (χ3n) is 9.12. The van der Waals surface area contributed by atoms with Crippen molar-refractivity contribution >= 4 is 47.3 Å². The van der Waals surface area contributed by atoms with Gasteiger partial charge < -0.3 is 59.5 Å². The molecule has 1 aromatic rings. The molecule has 0 aromatic heterocycles. The Labute approximate surface area is 320 Å². The van der Waals surface area contributed by atoms with Crippen molar-refractivity contribution in [3.05, 3.63) is 35.9 Å². The predicted molar refractivity (Wildman–Crippen MR) is 201 cm³/mol. The molecule has 1 unspecified atom stereocenters. The molecular weight excluding hydrogens is 716 g/mol. The molecule has 306 valence electrons. The second-order valence-corrected chi connectivity index (χ2v) is 14.4. The second kappa shape index (κ2) is 22.3. The minimum atomic E-state index is -1.60. The Morgan fingerprint density at radius 1 is 0.818 bits per heavy atom. The fraction of sp³-hybridized carbons (Fsp3) is 0.611. The molecule has 2 rings (SSSR count). The second-order valence-electron chi connectivity index (χ2n) is 14.4. The van der Waals surface area contributed by atoms with Crippen LogP contribution >= 0.6 is 0 Å². The van der Waals surface area contributed by atoms with Crippen LogP contribution in [0, 0.1) is 11.8 Å². The molecule has 0 aliphatic carbocycles. The van der Waals surface area contributed by atoms with Crippen LogP contribution in [0.2, 0.25) is 0 Å². The molecule has 1 aliphatic rings. The van der Waals surface area contributed by atoms with Gasteiger partial charge in [0.2, 0.25) is 47.3 Å². The summed E-state index contributed by atoms with van der Waals surface area (Å²) in [5, 5.41) is 22.7. The lowest BCUT2D eigenvalue weighted by Crippen LogP contribution is -2.62. The minimum absolute atomic E-state index is 0.129. The standard InChI is InChI=1S/C36H58N10O9/c1-19(2)29(31(40)50)45-35(54)30(20(3)4)46(36(55)25-11-8-14-41-25)17-22(15-21-9-6-5-7-10-21)42-34(53)26(16-28(39)49)44-33(52)24(12-13-27(38)48)43-32(51)23(37)18-47/h5-7,9-10,19-20,22-26,29-30,41,47H,8,11-18,37H2,1-4H3,(H2,38,48)(H2,39,49)(H2,40,50)(H,42,53)(H,43,51)(H,44,52)(H,45,54)/t22?,23-,24-,25-,26-,29-,30-/m0/s1. The van der Waals surface area contributed by atoms with Crippen LogP contribution in [0.5, 0.6) is 0 Å². The van der Waals surface area contributed by atoms with E-state index in [1.165, 1.54) is 4.90 Å². The quantitative estimate of drug-likeness (QED) is 0.0517. The van der Waals surface area contributed by atoms with Gasteiger partial charge in [-0.25, -0.2) is 0 Å². The summed E-state index contributed by atoms with van der Waals surface area (Å²) in [7, 11) is 0. The zero-order chi connectivity index (χ0) is 41.4. The monoisotopic (exact) mass is 774 g/mol. The van der Waals surface area contributed by atoms with Gasteiger partial charge in [-0.2, -0.15) is 0 Å². The van der Waals surface area contributed by atoms with Gasteiger partial charge >= 0.3 is 0 Å². The van der Waals surface area contributed by atoms with E-state index < -0.39 is 108 Å². The summed E-state index contributed by atoms with van der Waals surface area (Å²) in [6.45, 7) is 6.53. The molecule has 0 saturated carbocycles. The van der Waals surface area contributed by atoms with Gasteiger partial charge in [0.25, 0.3) is 0 Å². The van der Waals surface area contributed by atoms with E-state index in [9.17, 15) is 43.5 Å². The molecule has 1 heterocycles. The first-order chi connectivity index (χ1) is 25.9. The van der Waals surface area contributed by atoms with Crippen molar-refractivity contribution in [2.24, 2.45) is 34.8 Å². The third kappa shape index (κ3) is 14.9. The number of nitrogens with zero attached hydrogens (tertiary/aromatic N) is 1. The first-order valence-corrected chi connectivity index (χ1v) is 18.4. The van der Waals surface area contributed by atoms with Gasteiger partial charge in [0.05, 0.1) is 25.1 Å². The van der Waals surface area contributed by atoms with Crippen LogP contribution in [0.25, 0.3) is 0 Å². The highest BCUT2D eigenvalue weighted by Crippen LogP contribution is 2.19. The number of carbonyl (C=O) groups is 8. The van der Waals surface area contributed by atoms with Gasteiger partial charge in [-0.05, 0) is 49.6 Å². The van der Waals surface area contributed by atoms with Gasteiger partial charge in [0.15, 0.2) is 0 Å². The highest BCUT2D eigenvalue weighted by atomic mass is 16.3. The van der Waals surface area contributed by atoms with E-state index in [4.69, 9.17) is 22.9 Å². The lowest BCUT2D eigenvalue weighted by Gasteiger charge is -2.38. The molecule has 8 amide bonds. The van der Waals surface area contributed by atoms with E-state index in [1.54, 1.807) is 58.0 Å². The molecule has 0 bridgehead atoms. The number of primary amides is 3. The number of aliphatic hydroxyl groups excluding tert-OH is 1. The SMILES string of the molecule is CC(C)[C@H](NC(=O)[C@H](C(C)C)N(CC(Cc1ccccc1)NC(=O)[C@H](CC(N)=O)NC(=O)[C@H](CCC(N)=O)NC(=O)[C@@H](N)CO)C(=O)[C@@H]1CCCN1)C(N)=O. The lowest BCUT2D eigenvalue weighted by molar-refractivity contribution is -0.145. The molecule has 14 N–H and O–H groups in total. The van der Waals surface area contributed by atoms with Crippen molar-refractivity contribution in [1.29, 1.82) is 0 Å². The summed E-state index contributed by atoms with van der Waals surface area (Å²) < 4.78 is 0. The van der Waals surface area contributed by atoms with Crippen LogP contribution < -0.4 is 49.5 Å². The van der Waals surface area contributed by atoms with Gasteiger partial charge in [0, 0.05) is 13.0 Å². The normalized spacial score (nSPS) is 17.2. The maximum atomic E-state index is 14.3. The number of rotatable bonds is 23. The molecule has 55 heavy (non-hydrogen) atoms. The zero-order valence-electron chi connectivity index (χ0n) is 31.9. The Morgan fingerprint density at radius 3 is 1.95 bits per heavy atom. The molecule has 7 atom stereocenters. The largest absolute Gasteiger partial charge is 0.394 e. The number of benzene rings is 1. The summed E-state index contributed by atoms with van der Waals surface area (Å²) in [5.41, 5.74) is 22.6. The number of amides is 8. The smallest absolute Gasteiger partial charge is 0.243 e. The fourth-order valence-corrected chi connectivity index (χ4v) is 6.24. The van der Waals surface area contributed by atoms with E-state index in [0.717, 1.165) is 5.56 Å². The number of aliphatic hydroxyl groups is 1. The molecular formula is C36H58N10O9. The van der Waals surface area contributed by atoms with Gasteiger partial charge in [-0.15, -0.1) is 0 Å².